The van der Waals surface area contributed by atoms with E-state index in [1.807, 2.05) is 0 Å². The SMILES string of the molecule is Nc1nc2c(c(N3CCC[C@]4(CCCCN4)C3)n1)CCCC2c1ccccc1. The van der Waals surface area contributed by atoms with E-state index >= 15 is 0 Å². The van der Waals surface area contributed by atoms with Crippen LogP contribution < -0.4 is 16.0 Å². The molecule has 0 amide bonds. The number of nitrogens with two attached hydrogens (primary N) is 1. The summed E-state index contributed by atoms with van der Waals surface area (Å²) < 4.78 is 0. The zero-order valence-corrected chi connectivity index (χ0v) is 16.7. The second-order valence-corrected chi connectivity index (χ2v) is 8.81. The van der Waals surface area contributed by atoms with Crippen molar-refractivity contribution in [3.63, 3.8) is 0 Å². The molecule has 0 bridgehead atoms. The number of hydrogen-bond donors (Lipinski definition) is 2. The fraction of sp³-hybridized carbons (Fsp3) is 0.565. The molecule has 3 heterocycles. The molecule has 3 aliphatic rings. The number of benzene rings is 1. The zero-order valence-electron chi connectivity index (χ0n) is 16.7. The topological polar surface area (TPSA) is 67.1 Å². The van der Waals surface area contributed by atoms with Gasteiger partial charge in [-0.2, -0.15) is 4.98 Å². The Hall–Kier alpha value is -2.14. The second kappa shape index (κ2) is 7.36. The molecule has 1 aromatic heterocycles. The first kappa shape index (κ1) is 17.9. The Morgan fingerprint density at radius 1 is 1.04 bits per heavy atom. The Bertz CT molecular complexity index is 823. The van der Waals surface area contributed by atoms with Gasteiger partial charge in [0.05, 0.1) is 5.69 Å². The van der Waals surface area contributed by atoms with Crippen molar-refractivity contribution >= 4 is 11.8 Å². The smallest absolute Gasteiger partial charge is 0.222 e. The van der Waals surface area contributed by atoms with Crippen LogP contribution in [0.4, 0.5) is 11.8 Å². The van der Waals surface area contributed by atoms with Crippen molar-refractivity contribution in [1.29, 1.82) is 0 Å². The number of piperidine rings is 2. The quantitative estimate of drug-likeness (QED) is 0.836. The standard InChI is InChI=1S/C23H31N5/c24-22-26-20-18(17-8-2-1-3-9-17)10-6-11-19(20)21(27-22)28-15-7-13-23(16-28)12-4-5-14-25-23/h1-3,8-9,18,25H,4-7,10-16H2,(H2,24,26,27)/t18?,23-/m1/s1. The summed E-state index contributed by atoms with van der Waals surface area (Å²) in [6, 6.07) is 10.8. The van der Waals surface area contributed by atoms with Crippen molar-refractivity contribution < 1.29 is 0 Å². The zero-order chi connectivity index (χ0) is 19.0. The molecule has 1 aromatic carbocycles. The fourth-order valence-electron chi connectivity index (χ4n) is 5.62. The van der Waals surface area contributed by atoms with E-state index < -0.39 is 0 Å². The first-order chi connectivity index (χ1) is 13.7. The van der Waals surface area contributed by atoms with Gasteiger partial charge < -0.3 is 16.0 Å². The van der Waals surface area contributed by atoms with Crippen LogP contribution in [0.1, 0.15) is 67.7 Å². The highest BCUT2D eigenvalue weighted by Crippen LogP contribution is 2.40. The Balaban J connectivity index is 1.51. The van der Waals surface area contributed by atoms with E-state index in [1.165, 1.54) is 49.7 Å². The third-order valence-electron chi connectivity index (χ3n) is 6.94. The molecule has 1 spiro atoms. The summed E-state index contributed by atoms with van der Waals surface area (Å²) in [7, 11) is 0. The molecular weight excluding hydrogens is 346 g/mol. The first-order valence-corrected chi connectivity index (χ1v) is 11.0. The van der Waals surface area contributed by atoms with Crippen LogP contribution in [0.2, 0.25) is 0 Å². The van der Waals surface area contributed by atoms with Gasteiger partial charge in [-0.25, -0.2) is 4.98 Å². The molecule has 2 fully saturated rings. The van der Waals surface area contributed by atoms with Crippen molar-refractivity contribution in [2.45, 2.75) is 62.8 Å². The molecule has 2 aliphatic heterocycles. The Labute approximate surface area is 167 Å². The van der Waals surface area contributed by atoms with Crippen LogP contribution in [0.5, 0.6) is 0 Å². The third kappa shape index (κ3) is 3.26. The predicted octanol–water partition coefficient (Wildman–Crippen LogP) is 3.64. The third-order valence-corrected chi connectivity index (χ3v) is 6.94. The molecule has 3 N–H and O–H groups in total. The van der Waals surface area contributed by atoms with E-state index in [-0.39, 0.29) is 5.54 Å². The molecule has 28 heavy (non-hydrogen) atoms. The molecule has 1 aliphatic carbocycles. The van der Waals surface area contributed by atoms with Crippen molar-refractivity contribution in [3.05, 3.63) is 47.2 Å². The number of anilines is 2. The van der Waals surface area contributed by atoms with Crippen LogP contribution in [0.3, 0.4) is 0 Å². The number of nitrogens with one attached hydrogen (secondary N) is 1. The number of hydrogen-bond acceptors (Lipinski definition) is 5. The molecule has 0 radical (unpaired) electrons. The van der Waals surface area contributed by atoms with Crippen LogP contribution in [0.25, 0.3) is 0 Å². The van der Waals surface area contributed by atoms with Crippen LogP contribution in [0.15, 0.2) is 30.3 Å². The minimum Gasteiger partial charge on any atom is -0.368 e. The summed E-state index contributed by atoms with van der Waals surface area (Å²) in [5.41, 5.74) is 10.3. The average molecular weight is 378 g/mol. The second-order valence-electron chi connectivity index (χ2n) is 8.81. The van der Waals surface area contributed by atoms with Crippen LogP contribution >= 0.6 is 0 Å². The van der Waals surface area contributed by atoms with Crippen molar-refractivity contribution in [1.82, 2.24) is 15.3 Å². The van der Waals surface area contributed by atoms with Gasteiger partial charge in [0.2, 0.25) is 5.95 Å². The lowest BCUT2D eigenvalue weighted by molar-refractivity contribution is 0.215. The minimum absolute atomic E-state index is 0.261. The molecule has 1 unspecified atom stereocenters. The summed E-state index contributed by atoms with van der Waals surface area (Å²) in [6.07, 6.45) is 9.79. The van der Waals surface area contributed by atoms with Crippen LogP contribution in [-0.4, -0.2) is 35.1 Å². The van der Waals surface area contributed by atoms with Gasteiger partial charge in [-0.3, -0.25) is 0 Å². The van der Waals surface area contributed by atoms with Crippen LogP contribution in [-0.2, 0) is 6.42 Å². The number of aromatic nitrogens is 2. The van der Waals surface area contributed by atoms with E-state index in [0.29, 0.717) is 11.9 Å². The number of nitrogen functional groups attached to an aromatic ring is 1. The maximum absolute atomic E-state index is 6.24. The van der Waals surface area contributed by atoms with E-state index in [2.05, 4.69) is 40.5 Å². The highest BCUT2D eigenvalue weighted by Gasteiger charge is 2.38. The Morgan fingerprint density at radius 3 is 2.71 bits per heavy atom. The lowest BCUT2D eigenvalue weighted by Crippen LogP contribution is -2.59. The van der Waals surface area contributed by atoms with Gasteiger partial charge in [0, 0.05) is 30.1 Å². The average Bonchev–Trinajstić information content (AvgIpc) is 2.74. The molecule has 148 valence electrons. The summed E-state index contributed by atoms with van der Waals surface area (Å²) in [5.74, 6) is 1.86. The molecule has 0 saturated carbocycles. The van der Waals surface area contributed by atoms with Crippen molar-refractivity contribution in [3.8, 4) is 0 Å². The lowest BCUT2D eigenvalue weighted by atomic mass is 9.80. The van der Waals surface area contributed by atoms with E-state index in [0.717, 1.165) is 44.0 Å². The van der Waals surface area contributed by atoms with Gasteiger partial charge in [-0.05, 0) is 57.1 Å². The summed E-state index contributed by atoms with van der Waals surface area (Å²) in [4.78, 5) is 12.0. The molecule has 2 aromatic rings. The lowest BCUT2D eigenvalue weighted by Gasteiger charge is -2.47. The largest absolute Gasteiger partial charge is 0.368 e. The maximum atomic E-state index is 6.24. The van der Waals surface area contributed by atoms with Gasteiger partial charge in [0.1, 0.15) is 5.82 Å². The monoisotopic (exact) mass is 377 g/mol. The van der Waals surface area contributed by atoms with Crippen molar-refractivity contribution in [2.75, 3.05) is 30.3 Å². The van der Waals surface area contributed by atoms with Gasteiger partial charge in [-0.15, -0.1) is 0 Å². The number of nitrogens with zero attached hydrogens (tertiary/aromatic N) is 3. The molecule has 2 atom stereocenters. The van der Waals surface area contributed by atoms with E-state index in [4.69, 9.17) is 15.7 Å². The molecule has 5 heteroatoms. The number of rotatable bonds is 2. The minimum atomic E-state index is 0.261. The fourth-order valence-corrected chi connectivity index (χ4v) is 5.62. The summed E-state index contributed by atoms with van der Waals surface area (Å²) >= 11 is 0. The molecule has 5 nitrogen and oxygen atoms in total. The van der Waals surface area contributed by atoms with Crippen molar-refractivity contribution in [2.24, 2.45) is 0 Å². The summed E-state index contributed by atoms with van der Waals surface area (Å²) in [5, 5.41) is 3.85. The maximum Gasteiger partial charge on any atom is 0.222 e. The number of fused-ring (bicyclic) bond motifs is 1. The molecular formula is C23H31N5. The first-order valence-electron chi connectivity index (χ1n) is 11.0. The van der Waals surface area contributed by atoms with E-state index in [1.54, 1.807) is 0 Å². The summed E-state index contributed by atoms with van der Waals surface area (Å²) in [6.45, 7) is 3.27. The van der Waals surface area contributed by atoms with Gasteiger partial charge in [0.15, 0.2) is 0 Å². The van der Waals surface area contributed by atoms with Gasteiger partial charge >= 0.3 is 0 Å². The van der Waals surface area contributed by atoms with Gasteiger partial charge in [-0.1, -0.05) is 36.8 Å². The predicted molar refractivity (Wildman–Crippen MR) is 114 cm³/mol. The highest BCUT2D eigenvalue weighted by molar-refractivity contribution is 5.56. The van der Waals surface area contributed by atoms with Crippen LogP contribution in [0, 0.1) is 0 Å². The normalized spacial score (nSPS) is 27.6. The van der Waals surface area contributed by atoms with Gasteiger partial charge in [0.25, 0.3) is 0 Å². The molecule has 2 saturated heterocycles. The Kier molecular flexibility index (Phi) is 4.71. The van der Waals surface area contributed by atoms with E-state index in [9.17, 15) is 0 Å². The Morgan fingerprint density at radius 2 is 1.89 bits per heavy atom. The molecule has 5 rings (SSSR count). The highest BCUT2D eigenvalue weighted by atomic mass is 15.3.